The Morgan fingerprint density at radius 2 is 2.20 bits per heavy atom. The number of ether oxygens (including phenoxy) is 1. The van der Waals surface area contributed by atoms with Crippen LogP contribution in [0.3, 0.4) is 0 Å². The molecule has 0 radical (unpaired) electrons. The lowest BCUT2D eigenvalue weighted by Crippen LogP contribution is -2.37. The second-order valence-corrected chi connectivity index (χ2v) is 4.65. The van der Waals surface area contributed by atoms with Gasteiger partial charge in [0.15, 0.2) is 0 Å². The van der Waals surface area contributed by atoms with Crippen LogP contribution in [0.1, 0.15) is 12.8 Å². The standard InChI is InChI=1S/C12H18N4O4/c13-11-7-9(16(18)19)8-12(14-11)15-3-1-10(2-4-15)20-6-5-17/h7-8,10,17H,1-6H2,(H2,13,14). The van der Waals surface area contributed by atoms with E-state index in [1.165, 1.54) is 12.1 Å². The Labute approximate surface area is 116 Å². The highest BCUT2D eigenvalue weighted by Gasteiger charge is 2.22. The summed E-state index contributed by atoms with van der Waals surface area (Å²) >= 11 is 0. The van der Waals surface area contributed by atoms with Crippen molar-refractivity contribution in [2.24, 2.45) is 0 Å². The normalized spacial score (nSPS) is 16.4. The molecule has 0 aromatic carbocycles. The van der Waals surface area contributed by atoms with E-state index >= 15 is 0 Å². The van der Waals surface area contributed by atoms with Gasteiger partial charge in [-0.1, -0.05) is 0 Å². The molecule has 0 spiro atoms. The molecule has 1 aromatic heterocycles. The van der Waals surface area contributed by atoms with E-state index in [2.05, 4.69) is 4.98 Å². The highest BCUT2D eigenvalue weighted by Crippen LogP contribution is 2.25. The SMILES string of the molecule is Nc1cc([N+](=O)[O-])cc(N2CCC(OCCO)CC2)n1. The molecule has 1 aliphatic rings. The average Bonchev–Trinajstić information content (AvgIpc) is 2.45. The van der Waals surface area contributed by atoms with Gasteiger partial charge in [-0.2, -0.15) is 0 Å². The smallest absolute Gasteiger partial charge is 0.276 e. The molecule has 0 saturated carbocycles. The number of nitrogens with zero attached hydrogens (tertiary/aromatic N) is 3. The summed E-state index contributed by atoms with van der Waals surface area (Å²) in [5.41, 5.74) is 5.55. The molecule has 1 aromatic rings. The number of pyridine rings is 1. The van der Waals surface area contributed by atoms with Crippen molar-refractivity contribution in [1.29, 1.82) is 0 Å². The highest BCUT2D eigenvalue weighted by molar-refractivity contribution is 5.54. The lowest BCUT2D eigenvalue weighted by molar-refractivity contribution is -0.384. The van der Waals surface area contributed by atoms with E-state index < -0.39 is 4.92 Å². The highest BCUT2D eigenvalue weighted by atomic mass is 16.6. The molecule has 8 nitrogen and oxygen atoms in total. The maximum Gasteiger partial charge on any atom is 0.276 e. The van der Waals surface area contributed by atoms with Crippen LogP contribution in [0.2, 0.25) is 0 Å². The fourth-order valence-corrected chi connectivity index (χ4v) is 2.26. The predicted octanol–water partition coefficient (Wildman–Crippen LogP) is 0.550. The molecule has 2 rings (SSSR count). The maximum absolute atomic E-state index is 10.8. The van der Waals surface area contributed by atoms with E-state index in [1.807, 2.05) is 4.90 Å². The number of hydrogen-bond acceptors (Lipinski definition) is 7. The summed E-state index contributed by atoms with van der Waals surface area (Å²) in [5.74, 6) is 0.671. The maximum atomic E-state index is 10.8. The van der Waals surface area contributed by atoms with E-state index in [1.54, 1.807) is 0 Å². The summed E-state index contributed by atoms with van der Waals surface area (Å²) in [5, 5.41) is 19.5. The number of nitrogen functional groups attached to an aromatic ring is 1. The van der Waals surface area contributed by atoms with Gasteiger partial charge in [0, 0.05) is 13.1 Å². The number of rotatable bonds is 5. The van der Waals surface area contributed by atoms with Gasteiger partial charge in [-0.05, 0) is 12.8 Å². The quantitative estimate of drug-likeness (QED) is 0.598. The molecule has 0 aliphatic carbocycles. The van der Waals surface area contributed by atoms with Crippen molar-refractivity contribution >= 4 is 17.3 Å². The number of aromatic nitrogens is 1. The molecular formula is C12H18N4O4. The molecule has 1 fully saturated rings. The second kappa shape index (κ2) is 6.49. The lowest BCUT2D eigenvalue weighted by atomic mass is 10.1. The number of aliphatic hydroxyl groups is 1. The Bertz CT molecular complexity index is 475. The van der Waals surface area contributed by atoms with Crippen LogP contribution >= 0.6 is 0 Å². The van der Waals surface area contributed by atoms with E-state index in [4.69, 9.17) is 15.6 Å². The van der Waals surface area contributed by atoms with E-state index in [9.17, 15) is 10.1 Å². The van der Waals surface area contributed by atoms with Crippen LogP contribution in [-0.4, -0.2) is 47.4 Å². The zero-order valence-corrected chi connectivity index (χ0v) is 11.1. The third kappa shape index (κ3) is 3.55. The Morgan fingerprint density at radius 3 is 2.80 bits per heavy atom. The molecule has 110 valence electrons. The summed E-state index contributed by atoms with van der Waals surface area (Å²) in [6, 6.07) is 2.69. The number of nitrogens with two attached hydrogens (primary N) is 1. The van der Waals surface area contributed by atoms with Gasteiger partial charge in [0.1, 0.15) is 11.6 Å². The van der Waals surface area contributed by atoms with Gasteiger partial charge >= 0.3 is 0 Å². The van der Waals surface area contributed by atoms with Crippen molar-refractivity contribution in [2.45, 2.75) is 18.9 Å². The number of anilines is 2. The Balaban J connectivity index is 2.01. The van der Waals surface area contributed by atoms with E-state index in [0.717, 1.165) is 12.8 Å². The summed E-state index contributed by atoms with van der Waals surface area (Å²) in [6.07, 6.45) is 1.71. The summed E-state index contributed by atoms with van der Waals surface area (Å²) < 4.78 is 5.47. The fraction of sp³-hybridized carbons (Fsp3) is 0.583. The summed E-state index contributed by atoms with van der Waals surface area (Å²) in [7, 11) is 0. The molecule has 20 heavy (non-hydrogen) atoms. The van der Waals surface area contributed by atoms with Crippen LogP contribution in [0.5, 0.6) is 0 Å². The number of piperidine rings is 1. The molecule has 0 atom stereocenters. The zero-order valence-electron chi connectivity index (χ0n) is 11.1. The third-order valence-electron chi connectivity index (χ3n) is 3.24. The van der Waals surface area contributed by atoms with Gasteiger partial charge in [-0.15, -0.1) is 0 Å². The monoisotopic (exact) mass is 282 g/mol. The van der Waals surface area contributed by atoms with Gasteiger partial charge in [0.2, 0.25) is 0 Å². The van der Waals surface area contributed by atoms with Crippen LogP contribution in [0.15, 0.2) is 12.1 Å². The molecule has 0 amide bonds. The first-order valence-corrected chi connectivity index (χ1v) is 6.49. The van der Waals surface area contributed by atoms with Crippen molar-refractivity contribution in [3.63, 3.8) is 0 Å². The minimum atomic E-state index is -0.474. The predicted molar refractivity (Wildman–Crippen MR) is 73.6 cm³/mol. The van der Waals surface area contributed by atoms with Crippen LogP contribution < -0.4 is 10.6 Å². The van der Waals surface area contributed by atoms with Crippen molar-refractivity contribution in [3.05, 3.63) is 22.2 Å². The number of hydrogen-bond donors (Lipinski definition) is 2. The number of nitro groups is 1. The van der Waals surface area contributed by atoms with Crippen LogP contribution in [0.25, 0.3) is 0 Å². The first kappa shape index (κ1) is 14.5. The Kier molecular flexibility index (Phi) is 4.70. The first-order chi connectivity index (χ1) is 9.60. The zero-order chi connectivity index (χ0) is 14.5. The van der Waals surface area contributed by atoms with Gasteiger partial charge in [-0.25, -0.2) is 4.98 Å². The van der Waals surface area contributed by atoms with Crippen molar-refractivity contribution in [1.82, 2.24) is 4.98 Å². The Hall–Kier alpha value is -1.93. The largest absolute Gasteiger partial charge is 0.394 e. The fourth-order valence-electron chi connectivity index (χ4n) is 2.26. The Morgan fingerprint density at radius 1 is 1.50 bits per heavy atom. The topological polar surface area (TPSA) is 115 Å². The molecule has 1 aliphatic heterocycles. The summed E-state index contributed by atoms with van der Waals surface area (Å²) in [6.45, 7) is 1.75. The van der Waals surface area contributed by atoms with Crippen molar-refractivity contribution in [2.75, 3.05) is 36.9 Å². The summed E-state index contributed by atoms with van der Waals surface area (Å²) in [4.78, 5) is 16.5. The second-order valence-electron chi connectivity index (χ2n) is 4.65. The van der Waals surface area contributed by atoms with E-state index in [-0.39, 0.29) is 24.2 Å². The molecule has 0 unspecified atom stereocenters. The van der Waals surface area contributed by atoms with Gasteiger partial charge in [0.25, 0.3) is 5.69 Å². The van der Waals surface area contributed by atoms with Crippen LogP contribution in [-0.2, 0) is 4.74 Å². The average molecular weight is 282 g/mol. The van der Waals surface area contributed by atoms with Gasteiger partial charge in [-0.3, -0.25) is 10.1 Å². The van der Waals surface area contributed by atoms with Crippen molar-refractivity contribution < 1.29 is 14.8 Å². The minimum Gasteiger partial charge on any atom is -0.394 e. The molecule has 3 N–H and O–H groups in total. The molecule has 2 heterocycles. The van der Waals surface area contributed by atoms with Crippen LogP contribution in [0, 0.1) is 10.1 Å². The van der Waals surface area contributed by atoms with E-state index in [0.29, 0.717) is 25.5 Å². The third-order valence-corrected chi connectivity index (χ3v) is 3.24. The molecule has 8 heteroatoms. The lowest BCUT2D eigenvalue weighted by Gasteiger charge is -2.32. The van der Waals surface area contributed by atoms with Gasteiger partial charge < -0.3 is 20.5 Å². The van der Waals surface area contributed by atoms with Crippen molar-refractivity contribution in [3.8, 4) is 0 Å². The molecular weight excluding hydrogens is 264 g/mol. The molecule has 1 saturated heterocycles. The minimum absolute atomic E-state index is 0.0170. The number of aliphatic hydroxyl groups excluding tert-OH is 1. The van der Waals surface area contributed by atoms with Gasteiger partial charge in [0.05, 0.1) is 36.4 Å². The first-order valence-electron chi connectivity index (χ1n) is 6.49. The van der Waals surface area contributed by atoms with Crippen LogP contribution in [0.4, 0.5) is 17.3 Å². The molecule has 0 bridgehead atoms.